The van der Waals surface area contributed by atoms with Crippen LogP contribution in [-0.2, 0) is 0 Å². The minimum atomic E-state index is -0.994. The van der Waals surface area contributed by atoms with E-state index in [1.54, 1.807) is 12.1 Å². The summed E-state index contributed by atoms with van der Waals surface area (Å²) >= 11 is 0. The Morgan fingerprint density at radius 3 is 2.55 bits per heavy atom. The van der Waals surface area contributed by atoms with Crippen molar-refractivity contribution in [3.63, 3.8) is 0 Å². The van der Waals surface area contributed by atoms with Gasteiger partial charge in [0.15, 0.2) is 5.58 Å². The first-order valence-electron chi connectivity index (χ1n) is 5.77. The summed E-state index contributed by atoms with van der Waals surface area (Å²) in [5.41, 5.74) is 7.58. The number of aromatic hydroxyl groups is 1. The van der Waals surface area contributed by atoms with E-state index in [0.717, 1.165) is 0 Å². The molecule has 0 atom stereocenters. The van der Waals surface area contributed by atoms with Crippen LogP contribution in [0.2, 0.25) is 0 Å². The first-order chi connectivity index (χ1) is 9.54. The average molecular weight is 270 g/mol. The summed E-state index contributed by atoms with van der Waals surface area (Å²) in [6.07, 6.45) is 0. The van der Waals surface area contributed by atoms with Crippen LogP contribution in [0.3, 0.4) is 0 Å². The standard InChI is InChI=1S/C14H10N2O4/c15-9-5-10-12(6-11(9)17)20-13(16-10)7-1-3-8(4-2-7)14(18)19/h1-6,17H,15H2,(H,18,19). The minimum absolute atomic E-state index is 0.0681. The van der Waals surface area contributed by atoms with Crippen LogP contribution >= 0.6 is 0 Å². The van der Waals surface area contributed by atoms with Gasteiger partial charge in [-0.2, -0.15) is 0 Å². The molecule has 20 heavy (non-hydrogen) atoms. The molecular weight excluding hydrogens is 260 g/mol. The molecule has 0 saturated carbocycles. The zero-order chi connectivity index (χ0) is 14.3. The number of nitrogens with two attached hydrogens (primary N) is 1. The summed E-state index contributed by atoms with van der Waals surface area (Å²) in [6.45, 7) is 0. The summed E-state index contributed by atoms with van der Waals surface area (Å²) in [5, 5.41) is 18.4. The fourth-order valence-corrected chi connectivity index (χ4v) is 1.86. The summed E-state index contributed by atoms with van der Waals surface area (Å²) in [6, 6.07) is 9.07. The minimum Gasteiger partial charge on any atom is -0.506 e. The molecule has 0 unspecified atom stereocenters. The number of hydrogen-bond acceptors (Lipinski definition) is 5. The maximum Gasteiger partial charge on any atom is 0.335 e. The molecule has 0 aliphatic heterocycles. The lowest BCUT2D eigenvalue weighted by Gasteiger charge is -1.96. The van der Waals surface area contributed by atoms with Crippen molar-refractivity contribution >= 4 is 22.8 Å². The first-order valence-corrected chi connectivity index (χ1v) is 5.77. The molecule has 0 radical (unpaired) electrons. The topological polar surface area (TPSA) is 110 Å². The maximum absolute atomic E-state index is 10.8. The van der Waals surface area contributed by atoms with Crippen molar-refractivity contribution in [2.45, 2.75) is 0 Å². The lowest BCUT2D eigenvalue weighted by atomic mass is 10.1. The molecule has 0 fully saturated rings. The SMILES string of the molecule is Nc1cc2nc(-c3ccc(C(=O)O)cc3)oc2cc1O. The molecule has 1 aromatic heterocycles. The highest BCUT2D eigenvalue weighted by Crippen LogP contribution is 2.30. The number of carboxylic acids is 1. The second-order valence-corrected chi connectivity index (χ2v) is 4.28. The van der Waals surface area contributed by atoms with Crippen LogP contribution in [0.5, 0.6) is 5.75 Å². The molecule has 4 N–H and O–H groups in total. The van der Waals surface area contributed by atoms with E-state index in [-0.39, 0.29) is 17.0 Å². The van der Waals surface area contributed by atoms with Crippen LogP contribution in [0, 0.1) is 0 Å². The summed E-state index contributed by atoms with van der Waals surface area (Å²) in [7, 11) is 0. The van der Waals surface area contributed by atoms with E-state index in [1.807, 2.05) is 0 Å². The molecule has 0 bridgehead atoms. The van der Waals surface area contributed by atoms with Gasteiger partial charge in [-0.3, -0.25) is 0 Å². The largest absolute Gasteiger partial charge is 0.506 e. The molecule has 2 aromatic carbocycles. The van der Waals surface area contributed by atoms with Crippen LogP contribution in [0.15, 0.2) is 40.8 Å². The van der Waals surface area contributed by atoms with Crippen LogP contribution in [0.1, 0.15) is 10.4 Å². The number of nitrogens with zero attached hydrogens (tertiary/aromatic N) is 1. The summed E-state index contributed by atoms with van der Waals surface area (Å²) in [4.78, 5) is 15.0. The Labute approximate surface area is 113 Å². The Bertz CT molecular complexity index is 767. The number of phenols is 1. The number of aromatic carboxylic acids is 1. The third kappa shape index (κ3) is 1.93. The molecular formula is C14H10N2O4. The van der Waals surface area contributed by atoms with Gasteiger partial charge in [0.05, 0.1) is 11.3 Å². The van der Waals surface area contributed by atoms with Crippen molar-refractivity contribution in [2.75, 3.05) is 5.73 Å². The van der Waals surface area contributed by atoms with Crippen LogP contribution < -0.4 is 5.73 Å². The zero-order valence-corrected chi connectivity index (χ0v) is 10.2. The van der Waals surface area contributed by atoms with E-state index in [2.05, 4.69) is 4.98 Å². The molecule has 6 nitrogen and oxygen atoms in total. The molecule has 0 amide bonds. The van der Waals surface area contributed by atoms with Crippen molar-refractivity contribution in [3.8, 4) is 17.2 Å². The van der Waals surface area contributed by atoms with E-state index in [1.165, 1.54) is 24.3 Å². The third-order valence-corrected chi connectivity index (χ3v) is 2.92. The Morgan fingerprint density at radius 2 is 1.90 bits per heavy atom. The molecule has 0 spiro atoms. The number of rotatable bonds is 2. The van der Waals surface area contributed by atoms with E-state index in [4.69, 9.17) is 15.3 Å². The van der Waals surface area contributed by atoms with Crippen molar-refractivity contribution in [1.29, 1.82) is 0 Å². The molecule has 0 aliphatic carbocycles. The van der Waals surface area contributed by atoms with Gasteiger partial charge in [0, 0.05) is 11.6 Å². The summed E-state index contributed by atoms with van der Waals surface area (Å²) in [5.74, 6) is -0.727. The maximum atomic E-state index is 10.8. The van der Waals surface area contributed by atoms with Crippen LogP contribution in [0.25, 0.3) is 22.6 Å². The van der Waals surface area contributed by atoms with Crippen molar-refractivity contribution in [3.05, 3.63) is 42.0 Å². The van der Waals surface area contributed by atoms with Gasteiger partial charge in [0.1, 0.15) is 11.3 Å². The second-order valence-electron chi connectivity index (χ2n) is 4.28. The number of nitrogen functional groups attached to an aromatic ring is 1. The molecule has 0 saturated heterocycles. The van der Waals surface area contributed by atoms with Crippen molar-refractivity contribution < 1.29 is 19.4 Å². The highest BCUT2D eigenvalue weighted by Gasteiger charge is 2.11. The van der Waals surface area contributed by atoms with E-state index in [0.29, 0.717) is 22.6 Å². The third-order valence-electron chi connectivity index (χ3n) is 2.92. The number of hydrogen-bond donors (Lipinski definition) is 3. The molecule has 1 heterocycles. The highest BCUT2D eigenvalue weighted by atomic mass is 16.4. The molecule has 3 rings (SSSR count). The molecule has 3 aromatic rings. The van der Waals surface area contributed by atoms with Crippen molar-refractivity contribution in [1.82, 2.24) is 4.98 Å². The Balaban J connectivity index is 2.07. The molecule has 0 aliphatic rings. The Hall–Kier alpha value is -3.02. The van der Waals surface area contributed by atoms with Gasteiger partial charge in [-0.25, -0.2) is 9.78 Å². The number of benzene rings is 2. The van der Waals surface area contributed by atoms with E-state index < -0.39 is 5.97 Å². The fraction of sp³-hybridized carbons (Fsp3) is 0. The van der Waals surface area contributed by atoms with Gasteiger partial charge in [0.2, 0.25) is 5.89 Å². The van der Waals surface area contributed by atoms with Crippen LogP contribution in [-0.4, -0.2) is 21.2 Å². The molecule has 6 heteroatoms. The fourth-order valence-electron chi connectivity index (χ4n) is 1.86. The van der Waals surface area contributed by atoms with Crippen molar-refractivity contribution in [2.24, 2.45) is 0 Å². The number of phenolic OH excluding ortho intramolecular Hbond substituents is 1. The van der Waals surface area contributed by atoms with E-state index >= 15 is 0 Å². The monoisotopic (exact) mass is 270 g/mol. The summed E-state index contributed by atoms with van der Waals surface area (Å²) < 4.78 is 5.52. The lowest BCUT2D eigenvalue weighted by Crippen LogP contribution is -1.94. The van der Waals surface area contributed by atoms with Gasteiger partial charge in [0.25, 0.3) is 0 Å². The Morgan fingerprint density at radius 1 is 1.20 bits per heavy atom. The predicted molar refractivity (Wildman–Crippen MR) is 72.5 cm³/mol. The number of oxazole rings is 1. The van der Waals surface area contributed by atoms with Gasteiger partial charge in [-0.1, -0.05) is 0 Å². The van der Waals surface area contributed by atoms with E-state index in [9.17, 15) is 9.90 Å². The van der Waals surface area contributed by atoms with Gasteiger partial charge < -0.3 is 20.4 Å². The number of carboxylic acid groups (broad SMARTS) is 1. The quantitative estimate of drug-likeness (QED) is 0.487. The van der Waals surface area contributed by atoms with Gasteiger partial charge in [-0.05, 0) is 30.3 Å². The molecule has 100 valence electrons. The number of fused-ring (bicyclic) bond motifs is 1. The predicted octanol–water partition coefficient (Wildman–Crippen LogP) is 2.48. The number of carbonyl (C=O) groups is 1. The normalized spacial score (nSPS) is 10.8. The lowest BCUT2D eigenvalue weighted by molar-refractivity contribution is 0.0697. The highest BCUT2D eigenvalue weighted by molar-refractivity contribution is 5.88. The number of anilines is 1. The second kappa shape index (κ2) is 4.27. The number of aromatic nitrogens is 1. The zero-order valence-electron chi connectivity index (χ0n) is 10.2. The Kier molecular flexibility index (Phi) is 2.57. The first kappa shape index (κ1) is 12.0. The van der Waals surface area contributed by atoms with Gasteiger partial charge in [-0.15, -0.1) is 0 Å². The average Bonchev–Trinajstić information content (AvgIpc) is 2.82. The smallest absolute Gasteiger partial charge is 0.335 e. The van der Waals surface area contributed by atoms with Crippen LogP contribution in [0.4, 0.5) is 5.69 Å². The van der Waals surface area contributed by atoms with Gasteiger partial charge >= 0.3 is 5.97 Å².